The molecule has 0 saturated carbocycles. The van der Waals surface area contributed by atoms with Crippen molar-refractivity contribution in [2.75, 3.05) is 14.2 Å². The third-order valence-electron chi connectivity index (χ3n) is 3.52. The van der Waals surface area contributed by atoms with E-state index >= 15 is 0 Å². The number of nitrogens with one attached hydrogen (secondary N) is 1. The normalized spacial score (nSPS) is 11.8. The van der Waals surface area contributed by atoms with E-state index in [0.717, 1.165) is 12.0 Å². The van der Waals surface area contributed by atoms with Crippen molar-refractivity contribution in [2.24, 2.45) is 0 Å². The standard InChI is InChI=1S/C18H23NO3S/c1-12(9-15-7-5-13(2)23-15)19-18(20)11-14-6-8-16(21-3)17(10-14)22-4/h5-8,10,12H,9,11H2,1-4H3,(H,19,20)/t12-/m0/s1. The van der Waals surface area contributed by atoms with Crippen molar-refractivity contribution in [3.63, 3.8) is 0 Å². The lowest BCUT2D eigenvalue weighted by atomic mass is 10.1. The molecule has 23 heavy (non-hydrogen) atoms. The van der Waals surface area contributed by atoms with Crippen molar-refractivity contribution in [3.05, 3.63) is 45.6 Å². The van der Waals surface area contributed by atoms with Gasteiger partial charge in [-0.1, -0.05) is 6.07 Å². The summed E-state index contributed by atoms with van der Waals surface area (Å²) in [6.45, 7) is 4.12. The van der Waals surface area contributed by atoms with Crippen LogP contribution < -0.4 is 14.8 Å². The minimum Gasteiger partial charge on any atom is -0.493 e. The summed E-state index contributed by atoms with van der Waals surface area (Å²) in [6, 6.07) is 9.88. The Kier molecular flexibility index (Phi) is 6.04. The van der Waals surface area contributed by atoms with E-state index in [1.165, 1.54) is 9.75 Å². The van der Waals surface area contributed by atoms with Gasteiger partial charge in [-0.05, 0) is 43.7 Å². The van der Waals surface area contributed by atoms with Gasteiger partial charge in [0.2, 0.25) is 5.91 Å². The second-order valence-electron chi connectivity index (χ2n) is 5.55. The van der Waals surface area contributed by atoms with E-state index in [4.69, 9.17) is 9.47 Å². The summed E-state index contributed by atoms with van der Waals surface area (Å²) >= 11 is 1.77. The van der Waals surface area contributed by atoms with Crippen LogP contribution in [0.4, 0.5) is 0 Å². The number of rotatable bonds is 7. The van der Waals surface area contributed by atoms with Gasteiger partial charge in [-0.2, -0.15) is 0 Å². The second-order valence-corrected chi connectivity index (χ2v) is 6.92. The van der Waals surface area contributed by atoms with Gasteiger partial charge in [0.05, 0.1) is 20.6 Å². The minimum atomic E-state index is 0.0120. The zero-order valence-corrected chi connectivity index (χ0v) is 14.8. The molecular weight excluding hydrogens is 310 g/mol. The van der Waals surface area contributed by atoms with Crippen LogP contribution in [0.1, 0.15) is 22.2 Å². The lowest BCUT2D eigenvalue weighted by Crippen LogP contribution is -2.34. The van der Waals surface area contributed by atoms with Gasteiger partial charge in [0.15, 0.2) is 11.5 Å². The Balaban J connectivity index is 1.91. The number of carbonyl (C=O) groups excluding carboxylic acids is 1. The van der Waals surface area contributed by atoms with Gasteiger partial charge in [0, 0.05) is 22.2 Å². The monoisotopic (exact) mass is 333 g/mol. The van der Waals surface area contributed by atoms with Crippen LogP contribution in [0.2, 0.25) is 0 Å². The van der Waals surface area contributed by atoms with Crippen LogP contribution in [0.5, 0.6) is 11.5 Å². The molecule has 0 spiro atoms. The third-order valence-corrected chi connectivity index (χ3v) is 4.55. The number of amides is 1. The Labute approximate surface area is 141 Å². The predicted octanol–water partition coefficient (Wildman–Crippen LogP) is 3.36. The lowest BCUT2D eigenvalue weighted by Gasteiger charge is -2.14. The number of hydrogen-bond acceptors (Lipinski definition) is 4. The maximum absolute atomic E-state index is 12.2. The molecule has 1 aromatic heterocycles. The molecule has 1 aromatic carbocycles. The Morgan fingerprint density at radius 1 is 1.17 bits per heavy atom. The number of hydrogen-bond donors (Lipinski definition) is 1. The molecule has 0 aliphatic heterocycles. The summed E-state index contributed by atoms with van der Waals surface area (Å²) in [4.78, 5) is 14.8. The summed E-state index contributed by atoms with van der Waals surface area (Å²) < 4.78 is 10.5. The quantitative estimate of drug-likeness (QED) is 0.845. The first-order valence-corrected chi connectivity index (χ1v) is 8.39. The van der Waals surface area contributed by atoms with Crippen LogP contribution in [-0.4, -0.2) is 26.2 Å². The number of ether oxygens (including phenoxy) is 2. The van der Waals surface area contributed by atoms with Gasteiger partial charge in [-0.25, -0.2) is 0 Å². The van der Waals surface area contributed by atoms with Crippen molar-refractivity contribution in [1.29, 1.82) is 0 Å². The molecule has 0 fully saturated rings. The fourth-order valence-corrected chi connectivity index (χ4v) is 3.47. The first-order chi connectivity index (χ1) is 11.0. The van der Waals surface area contributed by atoms with Crippen LogP contribution in [-0.2, 0) is 17.6 Å². The maximum Gasteiger partial charge on any atom is 0.224 e. The zero-order valence-electron chi connectivity index (χ0n) is 14.0. The fraction of sp³-hybridized carbons (Fsp3) is 0.389. The first-order valence-electron chi connectivity index (χ1n) is 7.57. The van der Waals surface area contributed by atoms with Gasteiger partial charge in [-0.3, -0.25) is 4.79 Å². The second kappa shape index (κ2) is 8.02. The molecule has 0 bridgehead atoms. The Hall–Kier alpha value is -2.01. The van der Waals surface area contributed by atoms with Crippen molar-refractivity contribution in [1.82, 2.24) is 5.32 Å². The van der Waals surface area contributed by atoms with E-state index in [-0.39, 0.29) is 11.9 Å². The van der Waals surface area contributed by atoms with Crippen molar-refractivity contribution in [3.8, 4) is 11.5 Å². The van der Waals surface area contributed by atoms with Crippen molar-refractivity contribution < 1.29 is 14.3 Å². The molecular formula is C18H23NO3S. The molecule has 0 aliphatic rings. The Bertz CT molecular complexity index is 666. The van der Waals surface area contributed by atoms with Crippen LogP contribution in [0, 0.1) is 6.92 Å². The molecule has 0 unspecified atom stereocenters. The smallest absolute Gasteiger partial charge is 0.224 e. The molecule has 124 valence electrons. The third kappa shape index (κ3) is 4.99. The number of benzene rings is 1. The number of methoxy groups -OCH3 is 2. The van der Waals surface area contributed by atoms with Crippen molar-refractivity contribution in [2.45, 2.75) is 32.7 Å². The average Bonchev–Trinajstić information content (AvgIpc) is 2.91. The molecule has 2 aromatic rings. The molecule has 1 atom stereocenters. The minimum absolute atomic E-state index is 0.0120. The molecule has 5 heteroatoms. The van der Waals surface area contributed by atoms with E-state index in [1.54, 1.807) is 25.6 Å². The highest BCUT2D eigenvalue weighted by molar-refractivity contribution is 7.11. The number of carbonyl (C=O) groups is 1. The fourth-order valence-electron chi connectivity index (χ4n) is 2.45. The van der Waals surface area contributed by atoms with Crippen molar-refractivity contribution >= 4 is 17.2 Å². The first kappa shape index (κ1) is 17.3. The summed E-state index contributed by atoms with van der Waals surface area (Å²) in [5.41, 5.74) is 0.902. The Morgan fingerprint density at radius 2 is 1.91 bits per heavy atom. The summed E-state index contributed by atoms with van der Waals surface area (Å²) in [5.74, 6) is 1.32. The molecule has 1 amide bonds. The highest BCUT2D eigenvalue weighted by atomic mass is 32.1. The Morgan fingerprint density at radius 3 is 2.52 bits per heavy atom. The van der Waals surface area contributed by atoms with Gasteiger partial charge >= 0.3 is 0 Å². The molecule has 0 aliphatic carbocycles. The van der Waals surface area contributed by atoms with E-state index in [2.05, 4.69) is 24.4 Å². The number of aryl methyl sites for hydroxylation is 1. The molecule has 0 saturated heterocycles. The van der Waals surface area contributed by atoms with Crippen LogP contribution in [0.15, 0.2) is 30.3 Å². The van der Waals surface area contributed by atoms with Gasteiger partial charge < -0.3 is 14.8 Å². The largest absolute Gasteiger partial charge is 0.493 e. The molecule has 1 heterocycles. The summed E-state index contributed by atoms with van der Waals surface area (Å²) in [7, 11) is 3.19. The van der Waals surface area contributed by atoms with Gasteiger partial charge in [0.25, 0.3) is 0 Å². The molecule has 0 radical (unpaired) electrons. The average molecular weight is 333 g/mol. The van der Waals surface area contributed by atoms with Crippen LogP contribution in [0.25, 0.3) is 0 Å². The molecule has 1 N–H and O–H groups in total. The summed E-state index contributed by atoms with van der Waals surface area (Å²) in [6.07, 6.45) is 1.18. The topological polar surface area (TPSA) is 47.6 Å². The predicted molar refractivity (Wildman–Crippen MR) is 93.6 cm³/mol. The summed E-state index contributed by atoms with van der Waals surface area (Å²) in [5, 5.41) is 3.05. The molecule has 2 rings (SSSR count). The van der Waals surface area contributed by atoms with Gasteiger partial charge in [-0.15, -0.1) is 11.3 Å². The molecule has 4 nitrogen and oxygen atoms in total. The van der Waals surface area contributed by atoms with E-state index in [1.807, 2.05) is 25.1 Å². The van der Waals surface area contributed by atoms with E-state index in [9.17, 15) is 4.79 Å². The SMILES string of the molecule is COc1ccc(CC(=O)N[C@@H](C)Cc2ccc(C)s2)cc1OC. The van der Waals surface area contributed by atoms with Gasteiger partial charge in [0.1, 0.15) is 0 Å². The lowest BCUT2D eigenvalue weighted by molar-refractivity contribution is -0.121. The van der Waals surface area contributed by atoms with Crippen LogP contribution in [0.3, 0.4) is 0 Å². The van der Waals surface area contributed by atoms with Crippen LogP contribution >= 0.6 is 11.3 Å². The highest BCUT2D eigenvalue weighted by Gasteiger charge is 2.12. The highest BCUT2D eigenvalue weighted by Crippen LogP contribution is 2.27. The van der Waals surface area contributed by atoms with E-state index in [0.29, 0.717) is 17.9 Å². The number of thiophene rings is 1. The maximum atomic E-state index is 12.2. The zero-order chi connectivity index (χ0) is 16.8. The van der Waals surface area contributed by atoms with E-state index < -0.39 is 0 Å².